The summed E-state index contributed by atoms with van der Waals surface area (Å²) in [5.41, 5.74) is -1.03. The molecule has 0 radical (unpaired) electrons. The van der Waals surface area contributed by atoms with E-state index >= 15 is 0 Å². The van der Waals surface area contributed by atoms with Crippen LogP contribution in [0.5, 0.6) is 0 Å². The van der Waals surface area contributed by atoms with Gasteiger partial charge in [0.1, 0.15) is 17.7 Å². The van der Waals surface area contributed by atoms with Crippen molar-refractivity contribution in [1.29, 1.82) is 0 Å². The van der Waals surface area contributed by atoms with E-state index in [1.54, 1.807) is 0 Å². The number of sulfonamides is 1. The largest absolute Gasteiger partial charge is 0.379 e. The van der Waals surface area contributed by atoms with Gasteiger partial charge in [0.25, 0.3) is 11.8 Å². The second kappa shape index (κ2) is 7.67. The Balaban J connectivity index is 1.58. The Morgan fingerprint density at radius 3 is 2.52 bits per heavy atom. The number of carbonyl (C=O) groups excluding carboxylic acids is 2. The minimum atomic E-state index is -3.72. The van der Waals surface area contributed by atoms with Crippen LogP contribution in [-0.4, -0.2) is 56.6 Å². The molecule has 2 amide bonds. The standard InChI is InChI=1S/C17H19F2N3O6S/c1-17(7-13(21-28-17)9-3-10(18)5-11(19)4-9)16(24)20-12-6-14(27-8-12)15(23)22-29(2,25)26/h3-5,12,14H,6-8H2,1-2H3,(H,20,24)(H,22,23)/t12?,14?,17-/m1/s1. The summed E-state index contributed by atoms with van der Waals surface area (Å²) in [6, 6.07) is 2.35. The van der Waals surface area contributed by atoms with Crippen molar-refractivity contribution in [2.75, 3.05) is 12.9 Å². The molecule has 3 rings (SSSR count). The van der Waals surface area contributed by atoms with E-state index in [0.717, 1.165) is 24.5 Å². The highest BCUT2D eigenvalue weighted by molar-refractivity contribution is 7.89. The molecule has 2 aliphatic rings. The number of halogens is 2. The van der Waals surface area contributed by atoms with Crippen LogP contribution in [0.4, 0.5) is 8.78 Å². The Labute approximate surface area is 165 Å². The quantitative estimate of drug-likeness (QED) is 0.687. The molecular formula is C17H19F2N3O6S. The number of ether oxygens (including phenoxy) is 1. The van der Waals surface area contributed by atoms with Crippen LogP contribution in [0.15, 0.2) is 23.4 Å². The maximum Gasteiger partial charge on any atom is 0.267 e. The van der Waals surface area contributed by atoms with Crippen molar-refractivity contribution in [3.05, 3.63) is 35.4 Å². The molecule has 1 saturated heterocycles. The molecule has 3 atom stereocenters. The van der Waals surface area contributed by atoms with Crippen LogP contribution < -0.4 is 10.0 Å². The van der Waals surface area contributed by atoms with Crippen molar-refractivity contribution >= 4 is 27.5 Å². The molecule has 2 aliphatic heterocycles. The van der Waals surface area contributed by atoms with Crippen LogP contribution in [0.3, 0.4) is 0 Å². The number of benzene rings is 1. The lowest BCUT2D eigenvalue weighted by Crippen LogP contribution is -2.49. The maximum atomic E-state index is 13.4. The molecule has 1 aromatic rings. The lowest BCUT2D eigenvalue weighted by atomic mass is 9.94. The Morgan fingerprint density at radius 2 is 1.90 bits per heavy atom. The predicted molar refractivity (Wildman–Crippen MR) is 96.3 cm³/mol. The summed E-state index contributed by atoms with van der Waals surface area (Å²) in [4.78, 5) is 29.7. The van der Waals surface area contributed by atoms with Crippen molar-refractivity contribution in [2.24, 2.45) is 5.16 Å². The number of hydrogen-bond donors (Lipinski definition) is 2. The highest BCUT2D eigenvalue weighted by Crippen LogP contribution is 2.28. The molecule has 0 bridgehead atoms. The van der Waals surface area contributed by atoms with Crippen molar-refractivity contribution in [3.63, 3.8) is 0 Å². The van der Waals surface area contributed by atoms with E-state index < -0.39 is 51.2 Å². The SMILES string of the molecule is C[C@]1(C(=O)NC2COC(C(=O)NS(C)(=O)=O)C2)CC(c2cc(F)cc(F)c2)=NO1. The van der Waals surface area contributed by atoms with Crippen molar-refractivity contribution in [1.82, 2.24) is 10.0 Å². The highest BCUT2D eigenvalue weighted by atomic mass is 32.2. The van der Waals surface area contributed by atoms with Crippen molar-refractivity contribution in [3.8, 4) is 0 Å². The van der Waals surface area contributed by atoms with Crippen LogP contribution in [0.2, 0.25) is 0 Å². The van der Waals surface area contributed by atoms with Crippen molar-refractivity contribution < 1.29 is 36.4 Å². The van der Waals surface area contributed by atoms with Crippen LogP contribution in [0.25, 0.3) is 0 Å². The first kappa shape index (κ1) is 21.1. The first-order chi connectivity index (χ1) is 13.4. The van der Waals surface area contributed by atoms with E-state index in [2.05, 4.69) is 10.5 Å². The molecule has 2 N–H and O–H groups in total. The summed E-state index contributed by atoms with van der Waals surface area (Å²) in [5.74, 6) is -2.92. The number of carbonyl (C=O) groups is 2. The average molecular weight is 431 g/mol. The number of nitrogens with one attached hydrogen (secondary N) is 2. The number of oxime groups is 1. The molecule has 2 heterocycles. The summed E-state index contributed by atoms with van der Waals surface area (Å²) in [6.45, 7) is 1.48. The first-order valence-electron chi connectivity index (χ1n) is 8.61. The van der Waals surface area contributed by atoms with Gasteiger partial charge >= 0.3 is 0 Å². The smallest absolute Gasteiger partial charge is 0.267 e. The fourth-order valence-corrected chi connectivity index (χ4v) is 3.53. The summed E-state index contributed by atoms with van der Waals surface area (Å²) >= 11 is 0. The van der Waals surface area contributed by atoms with Gasteiger partial charge in [-0.15, -0.1) is 0 Å². The minimum Gasteiger partial charge on any atom is -0.379 e. The van der Waals surface area contributed by atoms with Gasteiger partial charge in [-0.2, -0.15) is 0 Å². The predicted octanol–water partition coefficient (Wildman–Crippen LogP) is 0.197. The molecule has 0 aliphatic carbocycles. The van der Waals surface area contributed by atoms with Gasteiger partial charge in [-0.25, -0.2) is 17.2 Å². The molecule has 1 fully saturated rings. The van der Waals surface area contributed by atoms with E-state index in [0.29, 0.717) is 0 Å². The van der Waals surface area contributed by atoms with Gasteiger partial charge in [0.2, 0.25) is 15.6 Å². The van der Waals surface area contributed by atoms with E-state index in [9.17, 15) is 26.8 Å². The first-order valence-corrected chi connectivity index (χ1v) is 10.5. The van der Waals surface area contributed by atoms with Gasteiger partial charge in [-0.05, 0) is 19.1 Å². The third kappa shape index (κ3) is 5.07. The second-order valence-electron chi connectivity index (χ2n) is 7.16. The Bertz CT molecular complexity index is 963. The van der Waals surface area contributed by atoms with E-state index in [1.807, 2.05) is 4.72 Å². The third-order valence-electron chi connectivity index (χ3n) is 4.45. The van der Waals surface area contributed by atoms with Gasteiger partial charge in [0, 0.05) is 24.5 Å². The summed E-state index contributed by atoms with van der Waals surface area (Å²) in [5, 5.41) is 6.44. The van der Waals surface area contributed by atoms with Crippen LogP contribution in [-0.2, 0) is 29.2 Å². The molecule has 1 aromatic carbocycles. The van der Waals surface area contributed by atoms with Crippen molar-refractivity contribution in [2.45, 2.75) is 37.5 Å². The number of hydrogen-bond acceptors (Lipinski definition) is 7. The van der Waals surface area contributed by atoms with Crippen LogP contribution in [0.1, 0.15) is 25.3 Å². The highest BCUT2D eigenvalue weighted by Gasteiger charge is 2.44. The maximum absolute atomic E-state index is 13.4. The molecular weight excluding hydrogens is 412 g/mol. The minimum absolute atomic E-state index is 0.00644. The summed E-state index contributed by atoms with van der Waals surface area (Å²) in [7, 11) is -3.72. The molecule has 2 unspecified atom stereocenters. The number of nitrogens with zero attached hydrogens (tertiary/aromatic N) is 1. The molecule has 0 spiro atoms. The third-order valence-corrected chi connectivity index (χ3v) is 5.02. The van der Waals surface area contributed by atoms with Gasteiger partial charge < -0.3 is 14.9 Å². The monoisotopic (exact) mass is 431 g/mol. The summed E-state index contributed by atoms with van der Waals surface area (Å²) < 4.78 is 56.1. The fraction of sp³-hybridized carbons (Fsp3) is 0.471. The molecule has 0 saturated carbocycles. The van der Waals surface area contributed by atoms with Gasteiger partial charge in [0.05, 0.1) is 24.6 Å². The van der Waals surface area contributed by atoms with Gasteiger partial charge in [0.15, 0.2) is 0 Å². The zero-order chi connectivity index (χ0) is 21.4. The lowest BCUT2D eigenvalue weighted by molar-refractivity contribution is -0.142. The van der Waals surface area contributed by atoms with Gasteiger partial charge in [-0.3, -0.25) is 14.3 Å². The number of rotatable bonds is 5. The Kier molecular flexibility index (Phi) is 5.59. The van der Waals surface area contributed by atoms with Gasteiger partial charge in [-0.1, -0.05) is 5.16 Å². The molecule has 0 aromatic heterocycles. The zero-order valence-corrected chi connectivity index (χ0v) is 16.4. The van der Waals surface area contributed by atoms with Crippen LogP contribution >= 0.6 is 0 Å². The average Bonchev–Trinajstić information content (AvgIpc) is 3.20. The van der Waals surface area contributed by atoms with Crippen LogP contribution in [0, 0.1) is 11.6 Å². The normalized spacial score (nSPS) is 26.6. The lowest BCUT2D eigenvalue weighted by Gasteiger charge is -2.22. The van der Waals surface area contributed by atoms with E-state index in [1.165, 1.54) is 6.92 Å². The second-order valence-corrected chi connectivity index (χ2v) is 8.91. The Hall–Kier alpha value is -2.60. The van der Waals surface area contributed by atoms with E-state index in [4.69, 9.17) is 9.57 Å². The topological polar surface area (TPSA) is 123 Å². The molecule has 9 nitrogen and oxygen atoms in total. The number of amides is 2. The Morgan fingerprint density at radius 1 is 1.24 bits per heavy atom. The molecule has 29 heavy (non-hydrogen) atoms. The summed E-state index contributed by atoms with van der Waals surface area (Å²) in [6.07, 6.45) is -0.118. The molecule has 158 valence electrons. The fourth-order valence-electron chi connectivity index (χ4n) is 3.03. The molecule has 12 heteroatoms. The van der Waals surface area contributed by atoms with E-state index in [-0.39, 0.29) is 30.7 Å². The zero-order valence-electron chi connectivity index (χ0n) is 15.6.